The number of hydrogen-bond donors (Lipinski definition) is 3. The number of hydrogen-bond acceptors (Lipinski definition) is 4. The lowest BCUT2D eigenvalue weighted by Crippen LogP contribution is -2.33. The van der Waals surface area contributed by atoms with E-state index in [2.05, 4.69) is 26.2 Å². The van der Waals surface area contributed by atoms with Crippen LogP contribution in [0.2, 0.25) is 0 Å². The van der Waals surface area contributed by atoms with Gasteiger partial charge in [-0.15, -0.1) is 0 Å². The number of nitrogens with one attached hydrogen (secondary N) is 2. The first-order chi connectivity index (χ1) is 10.6. The van der Waals surface area contributed by atoms with E-state index in [0.717, 1.165) is 20.8 Å². The fraction of sp³-hybridized carbons (Fsp3) is 0.286. The number of aromatic amines is 1. The zero-order chi connectivity index (χ0) is 15.9. The molecule has 0 aliphatic carbocycles. The van der Waals surface area contributed by atoms with E-state index < -0.39 is 5.69 Å². The Balaban J connectivity index is 1.65. The topological polar surface area (TPSA) is 96.4 Å². The molecule has 0 aliphatic heterocycles. The Hall–Kier alpha value is -2.06. The number of H-pyrrole nitrogens is 1. The maximum Gasteiger partial charge on any atom is 0.328 e. The summed E-state index contributed by atoms with van der Waals surface area (Å²) in [6.45, 7) is 0.910. The molecule has 1 aromatic carbocycles. The second kappa shape index (κ2) is 7.81. The molecule has 0 fully saturated rings. The average molecular weight is 370 g/mol. The summed E-state index contributed by atoms with van der Waals surface area (Å²) in [6.07, 6.45) is 1.14. The van der Waals surface area contributed by atoms with Gasteiger partial charge in [0.05, 0.1) is 19.4 Å². The minimum atomic E-state index is -0.529. The van der Waals surface area contributed by atoms with Gasteiger partial charge >= 0.3 is 5.69 Å². The summed E-state index contributed by atoms with van der Waals surface area (Å²) >= 11 is 3.36. The van der Waals surface area contributed by atoms with Crippen molar-refractivity contribution < 1.29 is 14.6 Å². The van der Waals surface area contributed by atoms with E-state index in [4.69, 9.17) is 4.74 Å². The zero-order valence-electron chi connectivity index (χ0n) is 11.7. The molecule has 8 heteroatoms. The van der Waals surface area contributed by atoms with Crippen LogP contribution in [0.4, 0.5) is 0 Å². The Kier molecular flexibility index (Phi) is 5.79. The fourth-order valence-corrected chi connectivity index (χ4v) is 2.04. The lowest BCUT2D eigenvalue weighted by molar-refractivity contribution is -0.122. The van der Waals surface area contributed by atoms with Crippen molar-refractivity contribution >= 4 is 21.8 Å². The van der Waals surface area contributed by atoms with Gasteiger partial charge in [0, 0.05) is 11.0 Å². The molecule has 1 heterocycles. The molecule has 7 nitrogen and oxygen atoms in total. The first kappa shape index (κ1) is 16.3. The van der Waals surface area contributed by atoms with Crippen LogP contribution in [-0.2, 0) is 22.7 Å². The molecule has 0 radical (unpaired) electrons. The van der Waals surface area contributed by atoms with Crippen molar-refractivity contribution in [2.75, 3.05) is 13.2 Å². The number of halogens is 1. The second-order valence-electron chi connectivity index (χ2n) is 4.57. The maximum absolute atomic E-state index is 11.6. The second-order valence-corrected chi connectivity index (χ2v) is 5.48. The van der Waals surface area contributed by atoms with Gasteiger partial charge in [0.2, 0.25) is 11.8 Å². The van der Waals surface area contributed by atoms with E-state index in [1.165, 1.54) is 0 Å². The van der Waals surface area contributed by atoms with Crippen LogP contribution in [0.25, 0.3) is 0 Å². The van der Waals surface area contributed by atoms with Crippen LogP contribution in [0.3, 0.4) is 0 Å². The predicted molar refractivity (Wildman–Crippen MR) is 83.5 cm³/mol. The summed E-state index contributed by atoms with van der Waals surface area (Å²) in [5.74, 6) is -0.643. The molecule has 1 amide bonds. The molecular formula is C14H16BrN3O4. The number of carbonyl (C=O) groups excluding carboxylic acids is 1. The maximum atomic E-state index is 11.6. The molecule has 2 aromatic rings. The quantitative estimate of drug-likeness (QED) is 0.633. The number of amides is 1. The van der Waals surface area contributed by atoms with Crippen molar-refractivity contribution in [3.63, 3.8) is 0 Å². The number of aromatic nitrogens is 2. The van der Waals surface area contributed by atoms with Gasteiger partial charge in [0.1, 0.15) is 6.54 Å². The van der Waals surface area contributed by atoms with E-state index in [0.29, 0.717) is 19.8 Å². The fourth-order valence-electron chi connectivity index (χ4n) is 1.77. The van der Waals surface area contributed by atoms with E-state index >= 15 is 0 Å². The number of carbonyl (C=O) groups is 1. The summed E-state index contributed by atoms with van der Waals surface area (Å²) in [7, 11) is 0. The summed E-state index contributed by atoms with van der Waals surface area (Å²) in [6, 6.07) is 7.76. The third-order valence-electron chi connectivity index (χ3n) is 2.90. The third kappa shape index (κ3) is 4.74. The highest BCUT2D eigenvalue weighted by atomic mass is 79.9. The number of aromatic hydroxyl groups is 1. The Morgan fingerprint density at radius 3 is 2.73 bits per heavy atom. The van der Waals surface area contributed by atoms with Crippen molar-refractivity contribution in [2.45, 2.75) is 13.2 Å². The number of ether oxygens (including phenoxy) is 1. The molecule has 118 valence electrons. The number of imidazole rings is 1. The highest BCUT2D eigenvalue weighted by Gasteiger charge is 2.08. The van der Waals surface area contributed by atoms with Crippen LogP contribution in [0, 0.1) is 0 Å². The Morgan fingerprint density at radius 1 is 1.36 bits per heavy atom. The van der Waals surface area contributed by atoms with Crippen LogP contribution < -0.4 is 11.0 Å². The SMILES string of the molecule is O=C(Cn1c(O)c[nH]c1=O)NCCOCc1ccc(Br)cc1. The van der Waals surface area contributed by atoms with Crippen molar-refractivity contribution in [1.29, 1.82) is 0 Å². The van der Waals surface area contributed by atoms with E-state index in [1.807, 2.05) is 24.3 Å². The van der Waals surface area contributed by atoms with Crippen LogP contribution in [0.5, 0.6) is 5.88 Å². The van der Waals surface area contributed by atoms with Crippen LogP contribution in [0.1, 0.15) is 5.56 Å². The van der Waals surface area contributed by atoms with Crippen molar-refractivity contribution in [3.8, 4) is 5.88 Å². The summed E-state index contributed by atoms with van der Waals surface area (Å²) in [4.78, 5) is 25.2. The Labute approximate surface area is 135 Å². The van der Waals surface area contributed by atoms with Gasteiger partial charge in [-0.3, -0.25) is 9.36 Å². The molecule has 1 aromatic heterocycles. The van der Waals surface area contributed by atoms with Gasteiger partial charge in [-0.1, -0.05) is 28.1 Å². The molecule has 0 spiro atoms. The van der Waals surface area contributed by atoms with Crippen molar-refractivity contribution in [3.05, 3.63) is 51.0 Å². The molecular weight excluding hydrogens is 354 g/mol. The normalized spacial score (nSPS) is 10.6. The monoisotopic (exact) mass is 369 g/mol. The first-order valence-electron chi connectivity index (χ1n) is 6.62. The molecule has 0 atom stereocenters. The van der Waals surface area contributed by atoms with Gasteiger partial charge in [-0.05, 0) is 17.7 Å². The average Bonchev–Trinajstić information content (AvgIpc) is 2.81. The first-order valence-corrected chi connectivity index (χ1v) is 7.41. The summed E-state index contributed by atoms with van der Waals surface area (Å²) < 4.78 is 7.39. The molecule has 3 N–H and O–H groups in total. The van der Waals surface area contributed by atoms with Crippen molar-refractivity contribution in [2.24, 2.45) is 0 Å². The van der Waals surface area contributed by atoms with Crippen LogP contribution in [-0.4, -0.2) is 33.7 Å². The van der Waals surface area contributed by atoms with Crippen LogP contribution >= 0.6 is 15.9 Å². The number of nitrogens with zero attached hydrogens (tertiary/aromatic N) is 1. The smallest absolute Gasteiger partial charge is 0.328 e. The van der Waals surface area contributed by atoms with Gasteiger partial charge in [-0.2, -0.15) is 0 Å². The van der Waals surface area contributed by atoms with Gasteiger partial charge < -0.3 is 20.1 Å². The zero-order valence-corrected chi connectivity index (χ0v) is 13.3. The minimum Gasteiger partial charge on any atom is -0.493 e. The molecule has 2 rings (SSSR count). The van der Waals surface area contributed by atoms with E-state index in [9.17, 15) is 14.7 Å². The lowest BCUT2D eigenvalue weighted by atomic mass is 10.2. The predicted octanol–water partition coefficient (Wildman–Crippen LogP) is 0.978. The molecule has 0 unspecified atom stereocenters. The minimum absolute atomic E-state index is 0.235. The molecule has 0 saturated carbocycles. The highest BCUT2D eigenvalue weighted by molar-refractivity contribution is 9.10. The Morgan fingerprint density at radius 2 is 2.09 bits per heavy atom. The van der Waals surface area contributed by atoms with Gasteiger partial charge in [-0.25, -0.2) is 4.79 Å². The van der Waals surface area contributed by atoms with Crippen molar-refractivity contribution in [1.82, 2.24) is 14.9 Å². The van der Waals surface area contributed by atoms with Gasteiger partial charge in [0.15, 0.2) is 0 Å². The largest absolute Gasteiger partial charge is 0.493 e. The number of benzene rings is 1. The molecule has 0 bridgehead atoms. The summed E-state index contributed by atoms with van der Waals surface area (Å²) in [5.41, 5.74) is 0.512. The number of rotatable bonds is 7. The van der Waals surface area contributed by atoms with E-state index in [-0.39, 0.29) is 18.3 Å². The molecule has 0 saturated heterocycles. The van der Waals surface area contributed by atoms with E-state index in [1.54, 1.807) is 0 Å². The molecule has 0 aliphatic rings. The third-order valence-corrected chi connectivity index (χ3v) is 3.43. The highest BCUT2D eigenvalue weighted by Crippen LogP contribution is 2.10. The standard InChI is InChI=1S/C14H16BrN3O4/c15-11-3-1-10(2-4-11)9-22-6-5-16-12(19)8-18-13(20)7-17-14(18)21/h1-4,7,20H,5-6,8-9H2,(H,16,19)(H,17,21). The molecule has 22 heavy (non-hydrogen) atoms. The van der Waals surface area contributed by atoms with Crippen LogP contribution in [0.15, 0.2) is 39.7 Å². The lowest BCUT2D eigenvalue weighted by Gasteiger charge is -2.07. The van der Waals surface area contributed by atoms with Gasteiger partial charge in [0.25, 0.3) is 0 Å². The Bertz CT molecular complexity index is 678. The summed E-state index contributed by atoms with van der Waals surface area (Å²) in [5, 5.41) is 12.0.